The van der Waals surface area contributed by atoms with E-state index in [9.17, 15) is 14.9 Å². The van der Waals surface area contributed by atoms with E-state index in [1.54, 1.807) is 12.1 Å². The Balaban J connectivity index is 2.01. The second kappa shape index (κ2) is 5.47. The molecular weight excluding hydrogens is 290 g/mol. The van der Waals surface area contributed by atoms with Crippen LogP contribution >= 0.6 is 0 Å². The highest BCUT2D eigenvalue weighted by atomic mass is 16.6. The molecule has 0 saturated carbocycles. The molecule has 0 radical (unpaired) electrons. The smallest absolute Gasteiger partial charge is 0.269 e. The van der Waals surface area contributed by atoms with Gasteiger partial charge in [-0.2, -0.15) is 0 Å². The van der Waals surface area contributed by atoms with E-state index in [0.717, 1.165) is 22.3 Å². The summed E-state index contributed by atoms with van der Waals surface area (Å²) in [6.45, 7) is 4.25. The molecule has 0 aliphatic heterocycles. The number of hydrogen-bond donors (Lipinski definition) is 0. The largest absolute Gasteiger partial charge is 0.289 e. The molecule has 0 heterocycles. The van der Waals surface area contributed by atoms with Crippen LogP contribution < -0.4 is 0 Å². The maximum atomic E-state index is 12.7. The van der Waals surface area contributed by atoms with Crippen LogP contribution in [0.15, 0.2) is 54.1 Å². The Kier molecular flexibility index (Phi) is 3.60. The quantitative estimate of drug-likeness (QED) is 0.465. The third kappa shape index (κ3) is 2.80. The number of non-ortho nitro benzene ring substituents is 1. The molecule has 116 valence electrons. The zero-order valence-corrected chi connectivity index (χ0v) is 13.1. The minimum absolute atomic E-state index is 0.0401. The molecule has 23 heavy (non-hydrogen) atoms. The number of Topliss-reactive ketones (excluding diaryl/α,β-unsaturated/α-hetero) is 1. The standard InChI is InChI=1S/C19H17NO3/c1-19(2)12-14(18(21)16-5-3-4-6-17(16)19)11-13-7-9-15(10-8-13)20(22)23/h3-11H,12H2,1-2H3/b14-11-. The van der Waals surface area contributed by atoms with Crippen molar-refractivity contribution < 1.29 is 9.72 Å². The Hall–Kier alpha value is -2.75. The first kappa shape index (κ1) is 15.2. The normalized spacial score (nSPS) is 17.8. The number of fused-ring (bicyclic) bond motifs is 1. The van der Waals surface area contributed by atoms with Crippen LogP contribution in [0.2, 0.25) is 0 Å². The van der Waals surface area contributed by atoms with Gasteiger partial charge in [0.1, 0.15) is 0 Å². The Morgan fingerprint density at radius 2 is 1.74 bits per heavy atom. The lowest BCUT2D eigenvalue weighted by Crippen LogP contribution is -2.29. The highest BCUT2D eigenvalue weighted by Gasteiger charge is 2.34. The number of nitro groups is 1. The Morgan fingerprint density at radius 3 is 2.39 bits per heavy atom. The molecule has 4 heteroatoms. The molecule has 0 saturated heterocycles. The van der Waals surface area contributed by atoms with Crippen LogP contribution in [-0.2, 0) is 5.41 Å². The first-order chi connectivity index (χ1) is 10.9. The fourth-order valence-corrected chi connectivity index (χ4v) is 3.11. The minimum Gasteiger partial charge on any atom is -0.289 e. The molecule has 2 aromatic rings. The predicted molar refractivity (Wildman–Crippen MR) is 89.5 cm³/mol. The summed E-state index contributed by atoms with van der Waals surface area (Å²) in [5, 5.41) is 10.7. The number of carbonyl (C=O) groups is 1. The summed E-state index contributed by atoms with van der Waals surface area (Å²) in [5.74, 6) is 0.0401. The number of benzene rings is 2. The van der Waals surface area contributed by atoms with Gasteiger partial charge in [-0.05, 0) is 41.2 Å². The van der Waals surface area contributed by atoms with Crippen LogP contribution in [0.4, 0.5) is 5.69 Å². The van der Waals surface area contributed by atoms with E-state index >= 15 is 0 Å². The zero-order valence-electron chi connectivity index (χ0n) is 13.1. The van der Waals surface area contributed by atoms with Crippen molar-refractivity contribution in [3.8, 4) is 0 Å². The van der Waals surface area contributed by atoms with Crippen molar-refractivity contribution in [1.29, 1.82) is 0 Å². The number of hydrogen-bond acceptors (Lipinski definition) is 3. The fourth-order valence-electron chi connectivity index (χ4n) is 3.11. The summed E-state index contributed by atoms with van der Waals surface area (Å²) >= 11 is 0. The van der Waals surface area contributed by atoms with Crippen molar-refractivity contribution in [2.24, 2.45) is 0 Å². The number of rotatable bonds is 2. The molecule has 0 amide bonds. The van der Waals surface area contributed by atoms with Gasteiger partial charge in [-0.3, -0.25) is 14.9 Å². The maximum absolute atomic E-state index is 12.7. The van der Waals surface area contributed by atoms with Gasteiger partial charge in [0, 0.05) is 23.3 Å². The highest BCUT2D eigenvalue weighted by molar-refractivity contribution is 6.13. The van der Waals surface area contributed by atoms with Gasteiger partial charge in [0.25, 0.3) is 5.69 Å². The number of allylic oxidation sites excluding steroid dienone is 1. The van der Waals surface area contributed by atoms with Crippen LogP contribution in [-0.4, -0.2) is 10.7 Å². The topological polar surface area (TPSA) is 60.2 Å². The van der Waals surface area contributed by atoms with Crippen molar-refractivity contribution in [2.75, 3.05) is 0 Å². The molecule has 0 unspecified atom stereocenters. The van der Waals surface area contributed by atoms with Crippen molar-refractivity contribution in [2.45, 2.75) is 25.7 Å². The summed E-state index contributed by atoms with van der Waals surface area (Å²) in [6, 6.07) is 14.0. The van der Waals surface area contributed by atoms with Gasteiger partial charge in [-0.1, -0.05) is 38.1 Å². The average molecular weight is 307 g/mol. The molecule has 1 aliphatic rings. The van der Waals surface area contributed by atoms with Crippen molar-refractivity contribution in [3.63, 3.8) is 0 Å². The molecule has 2 aromatic carbocycles. The molecule has 0 atom stereocenters. The molecule has 0 bridgehead atoms. The third-order valence-electron chi connectivity index (χ3n) is 4.27. The third-order valence-corrected chi connectivity index (χ3v) is 4.27. The lowest BCUT2D eigenvalue weighted by molar-refractivity contribution is -0.384. The molecule has 1 aliphatic carbocycles. The Labute approximate surface area is 134 Å². The van der Waals surface area contributed by atoms with Gasteiger partial charge in [0.05, 0.1) is 4.92 Å². The van der Waals surface area contributed by atoms with Crippen LogP contribution in [0.25, 0.3) is 6.08 Å². The minimum atomic E-state index is -0.429. The molecule has 3 rings (SSSR count). The summed E-state index contributed by atoms with van der Waals surface area (Å²) < 4.78 is 0. The molecule has 4 nitrogen and oxygen atoms in total. The van der Waals surface area contributed by atoms with Crippen molar-refractivity contribution >= 4 is 17.5 Å². The SMILES string of the molecule is CC1(C)C/C(=C/c2ccc([N+](=O)[O-])cc2)C(=O)c2ccccc21. The van der Waals surface area contributed by atoms with E-state index in [1.165, 1.54) is 12.1 Å². The molecule has 0 N–H and O–H groups in total. The average Bonchev–Trinajstić information content (AvgIpc) is 2.53. The molecular formula is C19H17NO3. The number of nitrogens with zero attached hydrogens (tertiary/aromatic N) is 1. The number of carbonyl (C=O) groups excluding carboxylic acids is 1. The molecule has 0 fully saturated rings. The Bertz CT molecular complexity index is 817. The van der Waals surface area contributed by atoms with Crippen LogP contribution in [0.5, 0.6) is 0 Å². The predicted octanol–water partition coefficient (Wildman–Crippen LogP) is 4.54. The number of nitro benzene ring substituents is 1. The molecule has 0 aromatic heterocycles. The van der Waals surface area contributed by atoms with E-state index in [4.69, 9.17) is 0 Å². The fraction of sp³-hybridized carbons (Fsp3) is 0.211. The van der Waals surface area contributed by atoms with Gasteiger partial charge in [-0.25, -0.2) is 0 Å². The number of ketones is 1. The van der Waals surface area contributed by atoms with Gasteiger partial charge >= 0.3 is 0 Å². The highest BCUT2D eigenvalue weighted by Crippen LogP contribution is 2.39. The van der Waals surface area contributed by atoms with E-state index in [1.807, 2.05) is 30.3 Å². The van der Waals surface area contributed by atoms with Crippen LogP contribution in [0.1, 0.15) is 41.8 Å². The first-order valence-electron chi connectivity index (χ1n) is 7.48. The van der Waals surface area contributed by atoms with E-state index in [0.29, 0.717) is 6.42 Å². The van der Waals surface area contributed by atoms with E-state index < -0.39 is 4.92 Å². The van der Waals surface area contributed by atoms with Crippen molar-refractivity contribution in [1.82, 2.24) is 0 Å². The summed E-state index contributed by atoms with van der Waals surface area (Å²) in [4.78, 5) is 23.0. The lowest BCUT2D eigenvalue weighted by Gasteiger charge is -2.33. The van der Waals surface area contributed by atoms with Crippen molar-refractivity contribution in [3.05, 3.63) is 80.9 Å². The second-order valence-corrected chi connectivity index (χ2v) is 6.45. The van der Waals surface area contributed by atoms with Crippen LogP contribution in [0, 0.1) is 10.1 Å². The van der Waals surface area contributed by atoms with Crippen LogP contribution in [0.3, 0.4) is 0 Å². The maximum Gasteiger partial charge on any atom is 0.269 e. The van der Waals surface area contributed by atoms with Gasteiger partial charge in [-0.15, -0.1) is 0 Å². The van der Waals surface area contributed by atoms with Gasteiger partial charge in [0.2, 0.25) is 0 Å². The second-order valence-electron chi connectivity index (χ2n) is 6.45. The van der Waals surface area contributed by atoms with E-state index in [2.05, 4.69) is 13.8 Å². The van der Waals surface area contributed by atoms with Gasteiger partial charge < -0.3 is 0 Å². The summed E-state index contributed by atoms with van der Waals surface area (Å²) in [7, 11) is 0. The van der Waals surface area contributed by atoms with Gasteiger partial charge in [0.15, 0.2) is 5.78 Å². The van der Waals surface area contributed by atoms with E-state index in [-0.39, 0.29) is 16.9 Å². The lowest BCUT2D eigenvalue weighted by atomic mass is 9.70. The monoisotopic (exact) mass is 307 g/mol. The summed E-state index contributed by atoms with van der Waals surface area (Å²) in [5.41, 5.74) is 3.30. The Morgan fingerprint density at radius 1 is 1.09 bits per heavy atom. The first-order valence-corrected chi connectivity index (χ1v) is 7.48. The molecule has 0 spiro atoms. The summed E-state index contributed by atoms with van der Waals surface area (Å²) in [6.07, 6.45) is 2.49. The zero-order chi connectivity index (χ0) is 16.6.